The summed E-state index contributed by atoms with van der Waals surface area (Å²) >= 11 is 5.93. The lowest BCUT2D eigenvalue weighted by atomic mass is 9.95. The third kappa shape index (κ3) is 2.67. The summed E-state index contributed by atoms with van der Waals surface area (Å²) in [6, 6.07) is 8.18. The van der Waals surface area contributed by atoms with Gasteiger partial charge in [0.05, 0.1) is 5.54 Å². The quantitative estimate of drug-likeness (QED) is 0.879. The molecule has 0 fully saturated rings. The summed E-state index contributed by atoms with van der Waals surface area (Å²) in [4.78, 5) is 4.30. The Morgan fingerprint density at radius 3 is 3.00 bits per heavy atom. The van der Waals surface area contributed by atoms with Crippen molar-refractivity contribution in [3.8, 4) is 0 Å². The molecule has 1 unspecified atom stereocenters. The summed E-state index contributed by atoms with van der Waals surface area (Å²) in [6.45, 7) is 2.62. The van der Waals surface area contributed by atoms with Crippen LogP contribution in [0.25, 0.3) is 0 Å². The van der Waals surface area contributed by atoms with Gasteiger partial charge in [-0.3, -0.25) is 0 Å². The van der Waals surface area contributed by atoms with E-state index in [2.05, 4.69) is 18.0 Å². The van der Waals surface area contributed by atoms with E-state index in [1.807, 2.05) is 18.2 Å². The highest BCUT2D eigenvalue weighted by molar-refractivity contribution is 6.30. The van der Waals surface area contributed by atoms with Crippen LogP contribution < -0.4 is 5.73 Å². The number of ether oxygens (including phenoxy) is 1. The molecule has 3 nitrogen and oxygen atoms in total. The molecule has 4 heteroatoms. The number of nitrogens with zero attached hydrogens (tertiary/aromatic N) is 1. The Hall–Kier alpha value is -1.22. The summed E-state index contributed by atoms with van der Waals surface area (Å²) in [5.74, 6) is 0. The molecule has 2 N–H and O–H groups in total. The van der Waals surface area contributed by atoms with Crippen molar-refractivity contribution in [2.24, 2.45) is 10.7 Å². The van der Waals surface area contributed by atoms with E-state index in [0.29, 0.717) is 12.6 Å². The number of halogens is 1. The third-order valence-corrected chi connectivity index (χ3v) is 2.99. The highest BCUT2D eigenvalue weighted by Gasteiger charge is 2.30. The van der Waals surface area contributed by atoms with Crippen LogP contribution in [0.4, 0.5) is 0 Å². The standard InChI is InChI=1S/C12H15ClN2O/c1-12(8-16-11(14)15-12)6-5-9-3-2-4-10(13)7-9/h2-4,7H,5-6,8H2,1H3,(H2,14,15). The average molecular weight is 239 g/mol. The Bertz CT molecular complexity index is 419. The second-order valence-electron chi connectivity index (χ2n) is 4.37. The Balaban J connectivity index is 1.98. The monoisotopic (exact) mass is 238 g/mol. The first-order chi connectivity index (χ1) is 7.57. The lowest BCUT2D eigenvalue weighted by Gasteiger charge is -2.17. The maximum Gasteiger partial charge on any atom is 0.282 e. The van der Waals surface area contributed by atoms with Crippen molar-refractivity contribution in [1.82, 2.24) is 0 Å². The lowest BCUT2D eigenvalue weighted by Crippen LogP contribution is -2.24. The summed E-state index contributed by atoms with van der Waals surface area (Å²) in [5.41, 5.74) is 6.54. The zero-order valence-electron chi connectivity index (χ0n) is 9.24. The van der Waals surface area contributed by atoms with Crippen molar-refractivity contribution in [2.45, 2.75) is 25.3 Å². The van der Waals surface area contributed by atoms with Gasteiger partial charge in [0.15, 0.2) is 0 Å². The van der Waals surface area contributed by atoms with E-state index < -0.39 is 0 Å². The van der Waals surface area contributed by atoms with Crippen molar-refractivity contribution in [3.63, 3.8) is 0 Å². The summed E-state index contributed by atoms with van der Waals surface area (Å²) < 4.78 is 5.18. The number of aliphatic imine (C=N–C) groups is 1. The first-order valence-corrected chi connectivity index (χ1v) is 5.68. The zero-order valence-corrected chi connectivity index (χ0v) is 10.00. The van der Waals surface area contributed by atoms with Crippen LogP contribution in [0.5, 0.6) is 0 Å². The first-order valence-electron chi connectivity index (χ1n) is 5.30. The van der Waals surface area contributed by atoms with Crippen molar-refractivity contribution in [3.05, 3.63) is 34.9 Å². The van der Waals surface area contributed by atoms with Gasteiger partial charge in [-0.2, -0.15) is 0 Å². The second kappa shape index (κ2) is 4.34. The second-order valence-corrected chi connectivity index (χ2v) is 4.80. The van der Waals surface area contributed by atoms with Crippen molar-refractivity contribution < 1.29 is 4.74 Å². The van der Waals surface area contributed by atoms with Crippen LogP contribution in [0, 0.1) is 0 Å². The molecule has 0 bridgehead atoms. The molecule has 0 saturated carbocycles. The highest BCUT2D eigenvalue weighted by atomic mass is 35.5. The normalized spacial score (nSPS) is 24.0. The van der Waals surface area contributed by atoms with E-state index in [1.165, 1.54) is 5.56 Å². The van der Waals surface area contributed by atoms with Crippen LogP contribution in [0.3, 0.4) is 0 Å². The smallest absolute Gasteiger partial charge is 0.282 e. The van der Waals surface area contributed by atoms with Crippen LogP contribution in [0.15, 0.2) is 29.3 Å². The van der Waals surface area contributed by atoms with Crippen LogP contribution in [-0.2, 0) is 11.2 Å². The predicted molar refractivity (Wildman–Crippen MR) is 65.8 cm³/mol. The van der Waals surface area contributed by atoms with Crippen LogP contribution in [0.2, 0.25) is 5.02 Å². The van der Waals surface area contributed by atoms with E-state index in [0.717, 1.165) is 17.9 Å². The predicted octanol–water partition coefficient (Wildman–Crippen LogP) is 2.38. The molecule has 0 aliphatic carbocycles. The highest BCUT2D eigenvalue weighted by Crippen LogP contribution is 2.24. The molecule has 0 aromatic heterocycles. The fourth-order valence-corrected chi connectivity index (χ4v) is 2.01. The molecule has 0 spiro atoms. The molecule has 1 heterocycles. The molecule has 2 rings (SSSR count). The number of aryl methyl sites for hydroxylation is 1. The summed E-state index contributed by atoms with van der Waals surface area (Å²) in [6.07, 6.45) is 1.84. The Morgan fingerprint density at radius 2 is 2.38 bits per heavy atom. The zero-order chi connectivity index (χ0) is 11.6. The average Bonchev–Trinajstić information content (AvgIpc) is 2.57. The fourth-order valence-electron chi connectivity index (χ4n) is 1.79. The van der Waals surface area contributed by atoms with Gasteiger partial charge in [0.25, 0.3) is 6.02 Å². The number of benzene rings is 1. The van der Waals surface area contributed by atoms with Crippen LogP contribution in [0.1, 0.15) is 18.9 Å². The minimum atomic E-state index is -0.188. The lowest BCUT2D eigenvalue weighted by molar-refractivity contribution is 0.255. The topological polar surface area (TPSA) is 47.6 Å². The molecule has 0 radical (unpaired) electrons. The van der Waals surface area contributed by atoms with Gasteiger partial charge >= 0.3 is 0 Å². The van der Waals surface area contributed by atoms with E-state index >= 15 is 0 Å². The molecular weight excluding hydrogens is 224 g/mol. The molecule has 86 valence electrons. The molecule has 1 aromatic carbocycles. The van der Waals surface area contributed by atoms with Gasteiger partial charge in [0.2, 0.25) is 0 Å². The minimum Gasteiger partial charge on any atom is -0.463 e. The van der Waals surface area contributed by atoms with Crippen LogP contribution in [-0.4, -0.2) is 18.2 Å². The molecule has 16 heavy (non-hydrogen) atoms. The Labute approximate surface area is 100 Å². The Morgan fingerprint density at radius 1 is 1.56 bits per heavy atom. The number of hydrogen-bond donors (Lipinski definition) is 1. The molecule has 1 aliphatic heterocycles. The van der Waals surface area contributed by atoms with Crippen molar-refractivity contribution >= 4 is 17.6 Å². The molecule has 0 amide bonds. The van der Waals surface area contributed by atoms with E-state index in [1.54, 1.807) is 0 Å². The van der Waals surface area contributed by atoms with Crippen LogP contribution >= 0.6 is 11.6 Å². The largest absolute Gasteiger partial charge is 0.463 e. The van der Waals surface area contributed by atoms with Gasteiger partial charge in [0.1, 0.15) is 6.61 Å². The van der Waals surface area contributed by atoms with Crippen molar-refractivity contribution in [1.29, 1.82) is 0 Å². The van der Waals surface area contributed by atoms with E-state index in [-0.39, 0.29) is 5.54 Å². The number of amidine groups is 1. The maximum absolute atomic E-state index is 5.93. The van der Waals surface area contributed by atoms with Gasteiger partial charge < -0.3 is 10.5 Å². The molecular formula is C12H15ClN2O. The van der Waals surface area contributed by atoms with Gasteiger partial charge in [-0.25, -0.2) is 4.99 Å². The molecule has 1 atom stereocenters. The number of hydrogen-bond acceptors (Lipinski definition) is 3. The fraction of sp³-hybridized carbons (Fsp3) is 0.417. The third-order valence-electron chi connectivity index (χ3n) is 2.75. The number of rotatable bonds is 3. The SMILES string of the molecule is CC1(CCc2cccc(Cl)c2)COC(N)=N1. The maximum atomic E-state index is 5.93. The molecule has 0 saturated heterocycles. The van der Waals surface area contributed by atoms with Crippen molar-refractivity contribution in [2.75, 3.05) is 6.61 Å². The summed E-state index contributed by atoms with van der Waals surface area (Å²) in [5, 5.41) is 0.772. The van der Waals surface area contributed by atoms with Gasteiger partial charge in [-0.1, -0.05) is 23.7 Å². The minimum absolute atomic E-state index is 0.188. The molecule has 1 aromatic rings. The van der Waals surface area contributed by atoms with E-state index in [4.69, 9.17) is 22.1 Å². The summed E-state index contributed by atoms with van der Waals surface area (Å²) in [7, 11) is 0. The van der Waals surface area contributed by atoms with Gasteiger partial charge in [-0.15, -0.1) is 0 Å². The van der Waals surface area contributed by atoms with Gasteiger partial charge in [-0.05, 0) is 37.5 Å². The first kappa shape index (κ1) is 11.3. The molecule has 1 aliphatic rings. The Kier molecular flexibility index (Phi) is 3.06. The van der Waals surface area contributed by atoms with E-state index in [9.17, 15) is 0 Å². The van der Waals surface area contributed by atoms with Gasteiger partial charge in [0, 0.05) is 5.02 Å². The number of nitrogens with two attached hydrogens (primary N) is 1.